The standard InChI is InChI=1S/C19H30N4O3/c1-6-20-17(25)12-23(7-2)15(5)19(26)21-11-16(24)22-18-13(3)9-8-10-14(18)4/h8-10,15H,6-7,11-12H2,1-5H3,(H,20,25)(H,21,26)(H,22,24)/p+1/t15-/m0/s1. The zero-order chi connectivity index (χ0) is 19.7. The molecule has 0 aliphatic rings. The molecule has 0 aliphatic carbocycles. The van der Waals surface area contributed by atoms with E-state index in [9.17, 15) is 14.4 Å². The molecule has 4 N–H and O–H groups in total. The van der Waals surface area contributed by atoms with Gasteiger partial charge < -0.3 is 20.9 Å². The van der Waals surface area contributed by atoms with E-state index in [1.54, 1.807) is 6.92 Å². The van der Waals surface area contributed by atoms with Crippen molar-refractivity contribution >= 4 is 23.4 Å². The molecule has 1 aromatic rings. The number of hydrogen-bond donors (Lipinski definition) is 4. The number of quaternary nitrogens is 1. The molecule has 0 aromatic heterocycles. The van der Waals surface area contributed by atoms with E-state index in [0.717, 1.165) is 21.7 Å². The van der Waals surface area contributed by atoms with Gasteiger partial charge in [0.25, 0.3) is 11.8 Å². The summed E-state index contributed by atoms with van der Waals surface area (Å²) >= 11 is 0. The fourth-order valence-corrected chi connectivity index (χ4v) is 2.75. The van der Waals surface area contributed by atoms with E-state index in [-0.39, 0.29) is 30.8 Å². The molecular formula is C19H31N4O3+. The normalized spacial score (nSPS) is 12.8. The lowest BCUT2D eigenvalue weighted by Crippen LogP contribution is -3.17. The molecule has 0 saturated carbocycles. The Balaban J connectivity index is 2.55. The Hall–Kier alpha value is -2.41. The molecule has 0 spiro atoms. The second kappa shape index (κ2) is 10.6. The molecule has 1 unspecified atom stereocenters. The summed E-state index contributed by atoms with van der Waals surface area (Å²) in [6.07, 6.45) is 0. The average Bonchev–Trinajstić information content (AvgIpc) is 2.60. The Bertz CT molecular complexity index is 625. The van der Waals surface area contributed by atoms with Crippen molar-refractivity contribution in [2.75, 3.05) is 31.5 Å². The molecule has 0 saturated heterocycles. The molecule has 2 atom stereocenters. The predicted molar refractivity (Wildman–Crippen MR) is 102 cm³/mol. The number of benzene rings is 1. The van der Waals surface area contributed by atoms with Gasteiger partial charge in [0, 0.05) is 12.2 Å². The molecule has 1 rings (SSSR count). The van der Waals surface area contributed by atoms with Gasteiger partial charge in [-0.3, -0.25) is 14.4 Å². The number of hydrogen-bond acceptors (Lipinski definition) is 3. The maximum Gasteiger partial charge on any atom is 0.278 e. The maximum absolute atomic E-state index is 12.3. The largest absolute Gasteiger partial charge is 0.351 e. The van der Waals surface area contributed by atoms with Crippen LogP contribution in [0.25, 0.3) is 0 Å². The minimum atomic E-state index is -0.421. The summed E-state index contributed by atoms with van der Waals surface area (Å²) in [6, 6.07) is 5.36. The van der Waals surface area contributed by atoms with Crippen LogP contribution in [0.2, 0.25) is 0 Å². The van der Waals surface area contributed by atoms with Crippen molar-refractivity contribution in [2.24, 2.45) is 0 Å². The Morgan fingerprint density at radius 3 is 2.19 bits per heavy atom. The first kappa shape index (κ1) is 21.6. The highest BCUT2D eigenvalue weighted by Gasteiger charge is 2.26. The van der Waals surface area contributed by atoms with Crippen LogP contribution in [-0.4, -0.2) is 49.9 Å². The number of anilines is 1. The van der Waals surface area contributed by atoms with E-state index in [0.29, 0.717) is 13.1 Å². The summed E-state index contributed by atoms with van der Waals surface area (Å²) in [6.45, 7) is 10.7. The van der Waals surface area contributed by atoms with Crippen LogP contribution >= 0.6 is 0 Å². The molecule has 7 nitrogen and oxygen atoms in total. The summed E-state index contributed by atoms with van der Waals surface area (Å²) in [5.74, 6) is -0.607. The minimum Gasteiger partial charge on any atom is -0.351 e. The summed E-state index contributed by atoms with van der Waals surface area (Å²) < 4.78 is 0. The van der Waals surface area contributed by atoms with Crippen molar-refractivity contribution in [3.63, 3.8) is 0 Å². The topological polar surface area (TPSA) is 91.7 Å². The van der Waals surface area contributed by atoms with Crippen LogP contribution in [0.15, 0.2) is 18.2 Å². The molecule has 26 heavy (non-hydrogen) atoms. The highest BCUT2D eigenvalue weighted by atomic mass is 16.2. The Morgan fingerprint density at radius 2 is 1.65 bits per heavy atom. The van der Waals surface area contributed by atoms with Gasteiger partial charge in [0.1, 0.15) is 0 Å². The number of aryl methyl sites for hydroxylation is 2. The van der Waals surface area contributed by atoms with E-state index < -0.39 is 6.04 Å². The third-order valence-electron chi connectivity index (χ3n) is 4.39. The third-order valence-corrected chi connectivity index (χ3v) is 4.39. The van der Waals surface area contributed by atoms with Crippen LogP contribution in [0.5, 0.6) is 0 Å². The molecule has 7 heteroatoms. The summed E-state index contributed by atoms with van der Waals surface area (Å²) in [4.78, 5) is 37.1. The molecule has 1 aromatic carbocycles. The average molecular weight is 363 g/mol. The Kier molecular flexibility index (Phi) is 8.78. The van der Waals surface area contributed by atoms with Gasteiger partial charge in [0.15, 0.2) is 12.6 Å². The number of likely N-dealkylation sites (N-methyl/N-ethyl adjacent to an activating group) is 2. The number of nitrogens with one attached hydrogen (secondary N) is 4. The lowest BCUT2D eigenvalue weighted by Gasteiger charge is -2.23. The SMILES string of the molecule is CCNC(=O)C[NH+](CC)[C@@H](C)C(=O)NCC(=O)Nc1c(C)cccc1C. The van der Waals surface area contributed by atoms with E-state index in [4.69, 9.17) is 0 Å². The Labute approximate surface area is 155 Å². The second-order valence-electron chi connectivity index (χ2n) is 6.40. The highest BCUT2D eigenvalue weighted by Crippen LogP contribution is 2.18. The van der Waals surface area contributed by atoms with Gasteiger partial charge in [-0.1, -0.05) is 18.2 Å². The molecule has 0 radical (unpaired) electrons. The first-order chi connectivity index (χ1) is 12.3. The van der Waals surface area contributed by atoms with Crippen molar-refractivity contribution in [1.29, 1.82) is 0 Å². The van der Waals surface area contributed by atoms with E-state index in [1.807, 2.05) is 45.9 Å². The number of carbonyl (C=O) groups is 3. The van der Waals surface area contributed by atoms with Crippen LogP contribution in [-0.2, 0) is 14.4 Å². The minimum absolute atomic E-state index is 0.0863. The zero-order valence-corrected chi connectivity index (χ0v) is 16.4. The van der Waals surface area contributed by atoms with Crippen LogP contribution < -0.4 is 20.9 Å². The molecule has 3 amide bonds. The smallest absolute Gasteiger partial charge is 0.278 e. The van der Waals surface area contributed by atoms with Crippen LogP contribution in [0.1, 0.15) is 31.9 Å². The summed E-state index contributed by atoms with van der Waals surface area (Å²) in [5, 5.41) is 8.23. The number of carbonyl (C=O) groups excluding carboxylic acids is 3. The van der Waals surface area contributed by atoms with Crippen LogP contribution in [0, 0.1) is 13.8 Å². The number of rotatable bonds is 9. The second-order valence-corrected chi connectivity index (χ2v) is 6.40. The zero-order valence-electron chi connectivity index (χ0n) is 16.4. The highest BCUT2D eigenvalue weighted by molar-refractivity contribution is 5.96. The first-order valence-electron chi connectivity index (χ1n) is 9.05. The molecule has 0 fully saturated rings. The number of amides is 3. The van der Waals surface area contributed by atoms with E-state index in [1.165, 1.54) is 0 Å². The van der Waals surface area contributed by atoms with Crippen molar-refractivity contribution in [1.82, 2.24) is 10.6 Å². The van der Waals surface area contributed by atoms with Gasteiger partial charge in [-0.2, -0.15) is 0 Å². The van der Waals surface area contributed by atoms with Gasteiger partial charge >= 0.3 is 0 Å². The van der Waals surface area contributed by atoms with Crippen molar-refractivity contribution in [2.45, 2.75) is 40.7 Å². The van der Waals surface area contributed by atoms with Crippen molar-refractivity contribution in [3.8, 4) is 0 Å². The molecule has 0 aliphatic heterocycles. The Morgan fingerprint density at radius 1 is 1.04 bits per heavy atom. The predicted octanol–water partition coefficient (Wildman–Crippen LogP) is -0.212. The quantitative estimate of drug-likeness (QED) is 0.489. The van der Waals surface area contributed by atoms with Gasteiger partial charge in [0.2, 0.25) is 5.91 Å². The molecule has 0 bridgehead atoms. The molecular weight excluding hydrogens is 332 g/mol. The fraction of sp³-hybridized carbons (Fsp3) is 0.526. The number of para-hydroxylation sites is 1. The third kappa shape index (κ3) is 6.48. The first-order valence-corrected chi connectivity index (χ1v) is 9.05. The van der Waals surface area contributed by atoms with Crippen LogP contribution in [0.4, 0.5) is 5.69 Å². The summed E-state index contributed by atoms with van der Waals surface area (Å²) in [7, 11) is 0. The van der Waals surface area contributed by atoms with Gasteiger partial charge in [-0.25, -0.2) is 0 Å². The van der Waals surface area contributed by atoms with Crippen molar-refractivity contribution < 1.29 is 19.3 Å². The maximum atomic E-state index is 12.3. The fourth-order valence-electron chi connectivity index (χ4n) is 2.75. The van der Waals surface area contributed by atoms with Gasteiger partial charge in [-0.15, -0.1) is 0 Å². The van der Waals surface area contributed by atoms with Gasteiger partial charge in [0.05, 0.1) is 13.1 Å². The lowest BCUT2D eigenvalue weighted by molar-refractivity contribution is -0.904. The van der Waals surface area contributed by atoms with E-state index >= 15 is 0 Å². The summed E-state index contributed by atoms with van der Waals surface area (Å²) in [5.41, 5.74) is 2.72. The van der Waals surface area contributed by atoms with Gasteiger partial charge in [-0.05, 0) is 45.7 Å². The lowest BCUT2D eigenvalue weighted by atomic mass is 10.1. The monoisotopic (exact) mass is 363 g/mol. The van der Waals surface area contributed by atoms with Crippen LogP contribution in [0.3, 0.4) is 0 Å². The molecule has 0 heterocycles. The molecule has 144 valence electrons. The van der Waals surface area contributed by atoms with Crippen molar-refractivity contribution in [3.05, 3.63) is 29.3 Å². The van der Waals surface area contributed by atoms with E-state index in [2.05, 4.69) is 16.0 Å².